The van der Waals surface area contributed by atoms with E-state index in [9.17, 15) is 9.59 Å². The Morgan fingerprint density at radius 1 is 1.00 bits per heavy atom. The number of benzene rings is 3. The fraction of sp³-hybridized carbons (Fsp3) is 0.192. The molecule has 1 aromatic heterocycles. The summed E-state index contributed by atoms with van der Waals surface area (Å²) in [6.45, 7) is 5.06. The second-order valence-electron chi connectivity index (χ2n) is 7.46. The maximum atomic E-state index is 13.1. The number of fused-ring (bicyclic) bond motifs is 1. The number of ether oxygens (including phenoxy) is 2. The molecule has 4 aromatic rings. The summed E-state index contributed by atoms with van der Waals surface area (Å²) in [6, 6.07) is 22.0. The van der Waals surface area contributed by atoms with Gasteiger partial charge in [0.1, 0.15) is 11.5 Å². The van der Waals surface area contributed by atoms with Gasteiger partial charge in [0.2, 0.25) is 5.91 Å². The molecule has 0 saturated heterocycles. The topological polar surface area (TPSA) is 81.9 Å². The monoisotopic (exact) mass is 475 g/mol. The van der Waals surface area contributed by atoms with Crippen molar-refractivity contribution in [3.63, 3.8) is 0 Å². The Morgan fingerprint density at radius 3 is 2.56 bits per heavy atom. The number of nitrogens with zero attached hydrogens (tertiary/aromatic N) is 2. The van der Waals surface area contributed by atoms with Crippen molar-refractivity contribution in [3.05, 3.63) is 83.2 Å². The van der Waals surface area contributed by atoms with E-state index in [0.717, 1.165) is 10.2 Å². The normalized spacial score (nSPS) is 11.5. The smallest absolute Gasteiger partial charge is 0.279 e. The van der Waals surface area contributed by atoms with E-state index in [4.69, 9.17) is 9.47 Å². The van der Waals surface area contributed by atoms with Crippen molar-refractivity contribution in [1.82, 2.24) is 4.57 Å². The molecule has 4 rings (SSSR count). The SMILES string of the molecule is CCOCCn1c(=NC(=O)c2cccc(Oc3ccccc3)c2)sc2cc(NC(C)=O)ccc21. The minimum Gasteiger partial charge on any atom is -0.457 e. The van der Waals surface area contributed by atoms with E-state index < -0.39 is 0 Å². The van der Waals surface area contributed by atoms with Crippen LogP contribution >= 0.6 is 11.3 Å². The van der Waals surface area contributed by atoms with Gasteiger partial charge in [0.15, 0.2) is 4.80 Å². The zero-order valence-electron chi connectivity index (χ0n) is 19.0. The maximum Gasteiger partial charge on any atom is 0.279 e. The summed E-state index contributed by atoms with van der Waals surface area (Å²) in [4.78, 5) is 29.5. The average molecular weight is 476 g/mol. The average Bonchev–Trinajstić information content (AvgIpc) is 3.16. The number of carbonyl (C=O) groups excluding carboxylic acids is 2. The van der Waals surface area contributed by atoms with Crippen molar-refractivity contribution in [2.24, 2.45) is 4.99 Å². The molecular weight excluding hydrogens is 450 g/mol. The highest BCUT2D eigenvalue weighted by molar-refractivity contribution is 7.16. The highest BCUT2D eigenvalue weighted by Gasteiger charge is 2.11. The molecule has 34 heavy (non-hydrogen) atoms. The van der Waals surface area contributed by atoms with Crippen LogP contribution in [0.1, 0.15) is 24.2 Å². The molecular formula is C26H25N3O4S. The van der Waals surface area contributed by atoms with Crippen molar-refractivity contribution in [2.45, 2.75) is 20.4 Å². The van der Waals surface area contributed by atoms with Crippen LogP contribution in [0.5, 0.6) is 11.5 Å². The lowest BCUT2D eigenvalue weighted by atomic mass is 10.2. The molecule has 0 aliphatic carbocycles. The maximum absolute atomic E-state index is 13.1. The Hall–Kier alpha value is -3.75. The number of rotatable bonds is 8. The number of para-hydroxylation sites is 1. The van der Waals surface area contributed by atoms with Crippen LogP contribution in [0.25, 0.3) is 10.2 Å². The van der Waals surface area contributed by atoms with E-state index in [1.807, 2.05) is 60.0 Å². The Morgan fingerprint density at radius 2 is 1.79 bits per heavy atom. The number of hydrogen-bond donors (Lipinski definition) is 1. The van der Waals surface area contributed by atoms with E-state index in [1.54, 1.807) is 24.3 Å². The molecule has 3 aromatic carbocycles. The van der Waals surface area contributed by atoms with E-state index in [2.05, 4.69) is 10.3 Å². The molecule has 7 nitrogen and oxygen atoms in total. The van der Waals surface area contributed by atoms with Crippen molar-refractivity contribution in [2.75, 3.05) is 18.5 Å². The Balaban J connectivity index is 1.68. The molecule has 0 unspecified atom stereocenters. The van der Waals surface area contributed by atoms with Gasteiger partial charge < -0.3 is 19.4 Å². The lowest BCUT2D eigenvalue weighted by molar-refractivity contribution is -0.114. The van der Waals surface area contributed by atoms with Crippen LogP contribution in [0.15, 0.2) is 77.8 Å². The molecule has 1 N–H and O–H groups in total. The molecule has 0 bridgehead atoms. The second kappa shape index (κ2) is 10.9. The van der Waals surface area contributed by atoms with Gasteiger partial charge in [-0.25, -0.2) is 0 Å². The van der Waals surface area contributed by atoms with Gasteiger partial charge in [0.25, 0.3) is 5.91 Å². The van der Waals surface area contributed by atoms with Crippen LogP contribution in [-0.2, 0) is 16.1 Å². The summed E-state index contributed by atoms with van der Waals surface area (Å²) in [5.41, 5.74) is 2.05. The first-order valence-corrected chi connectivity index (χ1v) is 11.8. The van der Waals surface area contributed by atoms with Crippen LogP contribution in [0.2, 0.25) is 0 Å². The van der Waals surface area contributed by atoms with Gasteiger partial charge in [-0.1, -0.05) is 35.6 Å². The fourth-order valence-corrected chi connectivity index (χ4v) is 4.52. The highest BCUT2D eigenvalue weighted by atomic mass is 32.1. The molecule has 0 aliphatic rings. The summed E-state index contributed by atoms with van der Waals surface area (Å²) < 4.78 is 14.3. The molecule has 0 atom stereocenters. The van der Waals surface area contributed by atoms with Crippen LogP contribution < -0.4 is 14.9 Å². The van der Waals surface area contributed by atoms with Crippen LogP contribution in [0.3, 0.4) is 0 Å². The second-order valence-corrected chi connectivity index (χ2v) is 8.47. The lowest BCUT2D eigenvalue weighted by Crippen LogP contribution is -2.19. The molecule has 174 valence electrons. The van der Waals surface area contributed by atoms with Gasteiger partial charge in [-0.3, -0.25) is 9.59 Å². The van der Waals surface area contributed by atoms with Crippen LogP contribution in [0, 0.1) is 0 Å². The minimum atomic E-state index is -0.364. The first kappa shape index (κ1) is 23.4. The van der Waals surface area contributed by atoms with E-state index in [0.29, 0.717) is 47.3 Å². The predicted molar refractivity (Wildman–Crippen MR) is 133 cm³/mol. The summed E-state index contributed by atoms with van der Waals surface area (Å²) >= 11 is 1.39. The third kappa shape index (κ3) is 5.78. The molecule has 0 radical (unpaired) electrons. The van der Waals surface area contributed by atoms with Crippen LogP contribution in [-0.4, -0.2) is 29.6 Å². The molecule has 1 heterocycles. The number of anilines is 1. The molecule has 2 amide bonds. The summed E-state index contributed by atoms with van der Waals surface area (Å²) in [5, 5.41) is 2.79. The first-order valence-electron chi connectivity index (χ1n) is 10.9. The molecule has 0 aliphatic heterocycles. The van der Waals surface area contributed by atoms with E-state index in [1.165, 1.54) is 18.3 Å². The summed E-state index contributed by atoms with van der Waals surface area (Å²) in [6.07, 6.45) is 0. The Kier molecular flexibility index (Phi) is 7.51. The number of nitrogens with one attached hydrogen (secondary N) is 1. The van der Waals surface area contributed by atoms with Crippen molar-refractivity contribution < 1.29 is 19.1 Å². The lowest BCUT2D eigenvalue weighted by Gasteiger charge is -2.07. The molecule has 0 fully saturated rings. The summed E-state index contributed by atoms with van der Waals surface area (Å²) in [7, 11) is 0. The van der Waals surface area contributed by atoms with Crippen LogP contribution in [0.4, 0.5) is 5.69 Å². The number of hydrogen-bond acceptors (Lipinski definition) is 5. The quantitative estimate of drug-likeness (QED) is 0.354. The Bertz CT molecular complexity index is 1380. The van der Waals surface area contributed by atoms with Gasteiger partial charge in [0.05, 0.1) is 16.8 Å². The largest absolute Gasteiger partial charge is 0.457 e. The molecule has 8 heteroatoms. The Labute approximate surface area is 201 Å². The molecule has 0 spiro atoms. The number of carbonyl (C=O) groups is 2. The summed E-state index contributed by atoms with van der Waals surface area (Å²) in [5.74, 6) is 0.750. The van der Waals surface area contributed by atoms with Gasteiger partial charge >= 0.3 is 0 Å². The van der Waals surface area contributed by atoms with Gasteiger partial charge in [-0.2, -0.15) is 4.99 Å². The van der Waals surface area contributed by atoms with Crippen molar-refractivity contribution >= 4 is 39.1 Å². The third-order valence-corrected chi connectivity index (χ3v) is 5.96. The third-order valence-electron chi connectivity index (χ3n) is 4.92. The predicted octanol–water partition coefficient (Wildman–Crippen LogP) is 5.23. The van der Waals surface area contributed by atoms with Gasteiger partial charge in [-0.15, -0.1) is 0 Å². The van der Waals surface area contributed by atoms with E-state index in [-0.39, 0.29) is 11.8 Å². The van der Waals surface area contributed by atoms with Gasteiger partial charge in [0, 0.05) is 31.3 Å². The zero-order valence-corrected chi connectivity index (χ0v) is 19.8. The fourth-order valence-electron chi connectivity index (χ4n) is 3.42. The van der Waals surface area contributed by atoms with Gasteiger partial charge in [-0.05, 0) is 55.5 Å². The van der Waals surface area contributed by atoms with Crippen molar-refractivity contribution in [1.29, 1.82) is 0 Å². The minimum absolute atomic E-state index is 0.141. The number of aromatic nitrogens is 1. The highest BCUT2D eigenvalue weighted by Crippen LogP contribution is 2.24. The standard InChI is InChI=1S/C26H25N3O4S/c1-3-32-15-14-29-23-13-12-20(27-18(2)30)17-24(23)34-26(29)28-25(31)19-8-7-11-22(16-19)33-21-9-5-4-6-10-21/h4-13,16-17H,3,14-15H2,1-2H3,(H,27,30). The van der Waals surface area contributed by atoms with E-state index >= 15 is 0 Å². The number of thiazole rings is 1. The first-order chi connectivity index (χ1) is 16.5. The molecule has 0 saturated carbocycles. The zero-order chi connectivity index (χ0) is 23.9. The van der Waals surface area contributed by atoms with Crippen molar-refractivity contribution in [3.8, 4) is 11.5 Å². The number of amides is 2.